The predicted molar refractivity (Wildman–Crippen MR) is 75.1 cm³/mol. The van der Waals surface area contributed by atoms with Crippen LogP contribution in [0.4, 0.5) is 0 Å². The van der Waals surface area contributed by atoms with Gasteiger partial charge in [-0.05, 0) is 19.1 Å². The van der Waals surface area contributed by atoms with E-state index in [2.05, 4.69) is 15.5 Å². The first kappa shape index (κ1) is 13.8. The van der Waals surface area contributed by atoms with Crippen LogP contribution >= 0.6 is 22.9 Å². The maximum atomic E-state index is 12.0. The van der Waals surface area contributed by atoms with Gasteiger partial charge in [0, 0.05) is 37.6 Å². The Hall–Kier alpha value is -0.620. The highest BCUT2D eigenvalue weighted by atomic mass is 35.5. The SMILES string of the molecule is CCNC(=O)C1CNCCN1Cc1ccc(Cl)s1. The number of hydrogen-bond donors (Lipinski definition) is 2. The average molecular weight is 288 g/mol. The van der Waals surface area contributed by atoms with Crippen LogP contribution in [-0.4, -0.2) is 43.0 Å². The van der Waals surface area contributed by atoms with Crippen molar-refractivity contribution in [3.05, 3.63) is 21.3 Å². The van der Waals surface area contributed by atoms with E-state index in [0.717, 1.165) is 24.0 Å². The zero-order valence-corrected chi connectivity index (χ0v) is 12.0. The van der Waals surface area contributed by atoms with Gasteiger partial charge in [0.05, 0.1) is 4.34 Å². The minimum absolute atomic E-state index is 0.0837. The Balaban J connectivity index is 2.01. The van der Waals surface area contributed by atoms with Crippen LogP contribution < -0.4 is 10.6 Å². The second kappa shape index (κ2) is 6.52. The van der Waals surface area contributed by atoms with Gasteiger partial charge in [-0.2, -0.15) is 0 Å². The molecule has 1 aromatic heterocycles. The number of piperazine rings is 1. The molecule has 1 fully saturated rings. The molecule has 1 unspecified atom stereocenters. The number of likely N-dealkylation sites (N-methyl/N-ethyl adjacent to an activating group) is 1. The number of carbonyl (C=O) groups is 1. The number of hydrogen-bond acceptors (Lipinski definition) is 4. The van der Waals surface area contributed by atoms with Crippen molar-refractivity contribution in [3.63, 3.8) is 0 Å². The normalized spacial score (nSPS) is 20.9. The molecule has 0 aromatic carbocycles. The van der Waals surface area contributed by atoms with E-state index >= 15 is 0 Å². The Bertz CT molecular complexity index is 410. The second-order valence-electron chi connectivity index (χ2n) is 4.29. The van der Waals surface area contributed by atoms with Crippen molar-refractivity contribution >= 4 is 28.8 Å². The van der Waals surface area contributed by atoms with E-state index in [4.69, 9.17) is 11.6 Å². The molecule has 2 N–H and O–H groups in total. The molecule has 6 heteroatoms. The molecular weight excluding hydrogens is 270 g/mol. The molecule has 0 radical (unpaired) electrons. The van der Waals surface area contributed by atoms with E-state index in [9.17, 15) is 4.79 Å². The minimum Gasteiger partial charge on any atom is -0.355 e. The fourth-order valence-electron chi connectivity index (χ4n) is 2.12. The van der Waals surface area contributed by atoms with Crippen molar-refractivity contribution in [3.8, 4) is 0 Å². The highest BCUT2D eigenvalue weighted by molar-refractivity contribution is 7.16. The first-order valence-corrected chi connectivity index (χ1v) is 7.37. The standard InChI is InChI=1S/C12H18ClN3OS/c1-2-15-12(17)10-7-14-5-6-16(10)8-9-3-4-11(13)18-9/h3-4,10,14H,2,5-8H2,1H3,(H,15,17). The molecule has 1 aliphatic heterocycles. The molecule has 0 spiro atoms. The van der Waals surface area contributed by atoms with Gasteiger partial charge in [-0.3, -0.25) is 9.69 Å². The largest absolute Gasteiger partial charge is 0.355 e. The summed E-state index contributed by atoms with van der Waals surface area (Å²) in [5, 5.41) is 6.16. The van der Waals surface area contributed by atoms with Gasteiger partial charge in [-0.1, -0.05) is 11.6 Å². The summed E-state index contributed by atoms with van der Waals surface area (Å²) in [6.07, 6.45) is 0. The summed E-state index contributed by atoms with van der Waals surface area (Å²) < 4.78 is 0.801. The summed E-state index contributed by atoms with van der Waals surface area (Å²) >= 11 is 7.52. The minimum atomic E-state index is -0.0837. The lowest BCUT2D eigenvalue weighted by Crippen LogP contribution is -2.57. The smallest absolute Gasteiger partial charge is 0.238 e. The molecule has 2 rings (SSSR count). The van der Waals surface area contributed by atoms with Crippen LogP contribution in [0, 0.1) is 0 Å². The number of rotatable bonds is 4. The number of thiophene rings is 1. The third-order valence-corrected chi connectivity index (χ3v) is 4.21. The lowest BCUT2D eigenvalue weighted by Gasteiger charge is -2.34. The van der Waals surface area contributed by atoms with Crippen molar-refractivity contribution in [1.29, 1.82) is 0 Å². The van der Waals surface area contributed by atoms with Gasteiger partial charge >= 0.3 is 0 Å². The first-order chi connectivity index (χ1) is 8.70. The molecular formula is C12H18ClN3OS. The Morgan fingerprint density at radius 3 is 3.17 bits per heavy atom. The van der Waals surface area contributed by atoms with Crippen LogP contribution in [0.15, 0.2) is 12.1 Å². The van der Waals surface area contributed by atoms with Crippen molar-refractivity contribution in [2.75, 3.05) is 26.2 Å². The fourth-order valence-corrected chi connectivity index (χ4v) is 3.24. The molecule has 1 saturated heterocycles. The molecule has 1 atom stereocenters. The molecule has 100 valence electrons. The van der Waals surface area contributed by atoms with Gasteiger partial charge in [0.25, 0.3) is 0 Å². The number of nitrogens with zero attached hydrogens (tertiary/aromatic N) is 1. The van der Waals surface area contributed by atoms with Crippen LogP contribution in [0.25, 0.3) is 0 Å². The summed E-state index contributed by atoms with van der Waals surface area (Å²) in [5.41, 5.74) is 0. The van der Waals surface area contributed by atoms with Crippen LogP contribution in [0.1, 0.15) is 11.8 Å². The molecule has 1 amide bonds. The van der Waals surface area contributed by atoms with Crippen molar-refractivity contribution in [2.45, 2.75) is 19.5 Å². The monoisotopic (exact) mass is 287 g/mol. The van der Waals surface area contributed by atoms with Crippen molar-refractivity contribution in [1.82, 2.24) is 15.5 Å². The lowest BCUT2D eigenvalue weighted by molar-refractivity contribution is -0.127. The number of nitrogens with one attached hydrogen (secondary N) is 2. The third kappa shape index (κ3) is 3.45. The molecule has 0 aliphatic carbocycles. The van der Waals surface area contributed by atoms with E-state index < -0.39 is 0 Å². The molecule has 18 heavy (non-hydrogen) atoms. The van der Waals surface area contributed by atoms with E-state index in [1.165, 1.54) is 4.88 Å². The summed E-state index contributed by atoms with van der Waals surface area (Å²) in [6.45, 7) is 5.93. The van der Waals surface area contributed by atoms with Crippen LogP contribution in [0.3, 0.4) is 0 Å². The fraction of sp³-hybridized carbons (Fsp3) is 0.583. The topological polar surface area (TPSA) is 44.4 Å². The van der Waals surface area contributed by atoms with Gasteiger partial charge in [0.2, 0.25) is 5.91 Å². The molecule has 1 aliphatic rings. The van der Waals surface area contributed by atoms with Gasteiger partial charge in [-0.25, -0.2) is 0 Å². The molecule has 4 nitrogen and oxygen atoms in total. The summed E-state index contributed by atoms with van der Waals surface area (Å²) in [4.78, 5) is 15.4. The van der Waals surface area contributed by atoms with Crippen LogP contribution in [0.2, 0.25) is 4.34 Å². The third-order valence-electron chi connectivity index (χ3n) is 3.00. The molecule has 1 aromatic rings. The Kier molecular flexibility index (Phi) is 5.00. The molecule has 0 bridgehead atoms. The van der Waals surface area contributed by atoms with E-state index in [1.807, 2.05) is 19.1 Å². The van der Waals surface area contributed by atoms with Gasteiger partial charge in [0.1, 0.15) is 6.04 Å². The molecule has 2 heterocycles. The molecule has 0 saturated carbocycles. The van der Waals surface area contributed by atoms with Crippen molar-refractivity contribution in [2.24, 2.45) is 0 Å². The zero-order valence-electron chi connectivity index (χ0n) is 10.4. The number of halogens is 1. The van der Waals surface area contributed by atoms with E-state index in [-0.39, 0.29) is 11.9 Å². The van der Waals surface area contributed by atoms with Gasteiger partial charge in [-0.15, -0.1) is 11.3 Å². The second-order valence-corrected chi connectivity index (χ2v) is 6.09. The highest BCUT2D eigenvalue weighted by Gasteiger charge is 2.28. The Morgan fingerprint density at radius 2 is 2.50 bits per heavy atom. The highest BCUT2D eigenvalue weighted by Crippen LogP contribution is 2.23. The van der Waals surface area contributed by atoms with E-state index in [1.54, 1.807) is 11.3 Å². The number of carbonyl (C=O) groups excluding carboxylic acids is 1. The average Bonchev–Trinajstić information content (AvgIpc) is 2.76. The zero-order chi connectivity index (χ0) is 13.0. The first-order valence-electron chi connectivity index (χ1n) is 6.17. The Labute approximate surface area is 116 Å². The van der Waals surface area contributed by atoms with E-state index in [0.29, 0.717) is 13.1 Å². The maximum absolute atomic E-state index is 12.0. The predicted octanol–water partition coefficient (Wildman–Crippen LogP) is 1.31. The summed E-state index contributed by atoms with van der Waals surface area (Å²) in [7, 11) is 0. The summed E-state index contributed by atoms with van der Waals surface area (Å²) in [6, 6.07) is 3.86. The summed E-state index contributed by atoms with van der Waals surface area (Å²) in [5.74, 6) is 0.104. The maximum Gasteiger partial charge on any atom is 0.238 e. The van der Waals surface area contributed by atoms with Crippen molar-refractivity contribution < 1.29 is 4.79 Å². The lowest BCUT2D eigenvalue weighted by atomic mass is 10.1. The van der Waals surface area contributed by atoms with Crippen LogP contribution in [-0.2, 0) is 11.3 Å². The van der Waals surface area contributed by atoms with Crippen LogP contribution in [0.5, 0.6) is 0 Å². The van der Waals surface area contributed by atoms with Gasteiger partial charge < -0.3 is 10.6 Å². The van der Waals surface area contributed by atoms with Gasteiger partial charge in [0.15, 0.2) is 0 Å². The Morgan fingerprint density at radius 1 is 1.67 bits per heavy atom. The quantitative estimate of drug-likeness (QED) is 0.878. The number of amides is 1.